The molecule has 0 bridgehead atoms. The predicted molar refractivity (Wildman–Crippen MR) is 77.0 cm³/mol. The molecule has 0 aliphatic heterocycles. The molecule has 1 radical (unpaired) electrons. The average Bonchev–Trinajstić information content (AvgIpc) is 2.93. The number of rotatable bonds is 1. The van der Waals surface area contributed by atoms with Crippen molar-refractivity contribution in [3.8, 4) is 11.3 Å². The van der Waals surface area contributed by atoms with Crippen LogP contribution in [-0.2, 0) is 20.1 Å². The molecular weight excluding hydrogens is 424 g/mol. The first-order valence-corrected chi connectivity index (χ1v) is 6.26. The third-order valence-electron chi connectivity index (χ3n) is 3.33. The molecular formula is C17H11IrN2-. The predicted octanol–water partition coefficient (Wildman–Crippen LogP) is 3.95. The summed E-state index contributed by atoms with van der Waals surface area (Å²) in [4.78, 5) is 4.66. The summed E-state index contributed by atoms with van der Waals surface area (Å²) >= 11 is 0. The van der Waals surface area contributed by atoms with Crippen molar-refractivity contribution in [1.29, 1.82) is 0 Å². The van der Waals surface area contributed by atoms with Crippen molar-refractivity contribution in [2.45, 2.75) is 0 Å². The number of fused-ring (bicyclic) bond motifs is 3. The van der Waals surface area contributed by atoms with Crippen LogP contribution in [0.2, 0.25) is 0 Å². The van der Waals surface area contributed by atoms with E-state index in [1.165, 1.54) is 10.9 Å². The molecule has 0 aliphatic rings. The first-order valence-electron chi connectivity index (χ1n) is 6.26. The quantitative estimate of drug-likeness (QED) is 0.414. The Morgan fingerprint density at radius 3 is 2.60 bits per heavy atom. The molecule has 2 heterocycles. The number of pyridine rings is 1. The Hall–Kier alpha value is -1.96. The van der Waals surface area contributed by atoms with Crippen LogP contribution in [0.25, 0.3) is 27.8 Å². The molecule has 0 N–H and O–H groups in total. The smallest absolute Gasteiger partial charge is 0.127 e. The molecule has 3 heteroatoms. The van der Waals surface area contributed by atoms with Gasteiger partial charge in [-0.05, 0) is 29.8 Å². The summed E-state index contributed by atoms with van der Waals surface area (Å²) in [5.41, 5.74) is 4.12. The molecule has 0 unspecified atom stereocenters. The minimum absolute atomic E-state index is 0. The molecule has 99 valence electrons. The summed E-state index contributed by atoms with van der Waals surface area (Å²) in [7, 11) is 0. The summed E-state index contributed by atoms with van der Waals surface area (Å²) in [6, 6.07) is 23.6. The molecule has 20 heavy (non-hydrogen) atoms. The molecule has 4 aromatic rings. The van der Waals surface area contributed by atoms with E-state index in [-0.39, 0.29) is 20.1 Å². The molecule has 0 amide bonds. The van der Waals surface area contributed by atoms with Gasteiger partial charge in [-0.2, -0.15) is 0 Å². The molecule has 4 rings (SSSR count). The number of para-hydroxylation sites is 1. The number of hydrogen-bond acceptors (Lipinski definition) is 1. The molecule has 0 aliphatic carbocycles. The molecule has 2 nitrogen and oxygen atoms in total. The van der Waals surface area contributed by atoms with Gasteiger partial charge in [-0.15, -0.1) is 35.9 Å². The molecule has 0 saturated heterocycles. The van der Waals surface area contributed by atoms with Crippen LogP contribution >= 0.6 is 0 Å². The van der Waals surface area contributed by atoms with Gasteiger partial charge in [-0.3, -0.25) is 4.98 Å². The third-order valence-corrected chi connectivity index (χ3v) is 3.33. The van der Waals surface area contributed by atoms with Gasteiger partial charge in [-0.1, -0.05) is 18.2 Å². The molecule has 0 fully saturated rings. The van der Waals surface area contributed by atoms with E-state index >= 15 is 0 Å². The van der Waals surface area contributed by atoms with Gasteiger partial charge in [0, 0.05) is 25.8 Å². The van der Waals surface area contributed by atoms with Gasteiger partial charge in [0.25, 0.3) is 0 Å². The second-order valence-electron chi connectivity index (χ2n) is 4.52. The van der Waals surface area contributed by atoms with Gasteiger partial charge in [-0.25, -0.2) is 0 Å². The van der Waals surface area contributed by atoms with E-state index in [4.69, 9.17) is 0 Å². The third kappa shape index (κ3) is 2.05. The van der Waals surface area contributed by atoms with Gasteiger partial charge in [0.2, 0.25) is 0 Å². The molecule has 0 atom stereocenters. The SMILES string of the molecule is [Ir].[c-]1ccccc1-c1cn2c(ccc3ccccc32)n1. The van der Waals surface area contributed by atoms with Crippen LogP contribution < -0.4 is 0 Å². The first-order chi connectivity index (χ1) is 9.42. The van der Waals surface area contributed by atoms with Crippen molar-refractivity contribution in [3.63, 3.8) is 0 Å². The number of hydrogen-bond donors (Lipinski definition) is 0. The minimum Gasteiger partial charge on any atom is -0.309 e. The standard InChI is InChI=1S/C17H11N2.Ir/c1-2-6-13(7-3-1)15-12-19-16-9-5-4-8-14(16)10-11-17(19)18-15;/h1-6,8-12H;/q-1;. The fourth-order valence-corrected chi connectivity index (χ4v) is 2.40. The molecule has 0 spiro atoms. The van der Waals surface area contributed by atoms with Crippen molar-refractivity contribution in [1.82, 2.24) is 9.38 Å². The van der Waals surface area contributed by atoms with Crippen molar-refractivity contribution >= 4 is 16.6 Å². The zero-order valence-electron chi connectivity index (χ0n) is 10.6. The second-order valence-corrected chi connectivity index (χ2v) is 4.52. The number of imidazole rings is 1. The van der Waals surface area contributed by atoms with Crippen molar-refractivity contribution in [2.24, 2.45) is 0 Å². The summed E-state index contributed by atoms with van der Waals surface area (Å²) < 4.78 is 2.13. The Bertz CT molecular complexity index is 866. The molecule has 2 aromatic carbocycles. The number of aromatic nitrogens is 2. The Balaban J connectivity index is 0.00000121. The van der Waals surface area contributed by atoms with E-state index in [1.54, 1.807) is 0 Å². The Kier molecular flexibility index (Phi) is 3.39. The summed E-state index contributed by atoms with van der Waals surface area (Å²) in [6.07, 6.45) is 2.07. The van der Waals surface area contributed by atoms with Crippen LogP contribution in [-0.4, -0.2) is 9.38 Å². The fourth-order valence-electron chi connectivity index (χ4n) is 2.40. The minimum atomic E-state index is 0. The topological polar surface area (TPSA) is 17.3 Å². The van der Waals surface area contributed by atoms with Gasteiger partial charge in [0.05, 0.1) is 5.52 Å². The van der Waals surface area contributed by atoms with E-state index in [0.717, 1.165) is 16.9 Å². The van der Waals surface area contributed by atoms with Crippen molar-refractivity contribution in [3.05, 3.63) is 72.9 Å². The van der Waals surface area contributed by atoms with E-state index in [1.807, 2.05) is 24.3 Å². The van der Waals surface area contributed by atoms with Crippen molar-refractivity contribution in [2.75, 3.05) is 0 Å². The largest absolute Gasteiger partial charge is 0.309 e. The Morgan fingerprint density at radius 2 is 1.75 bits per heavy atom. The van der Waals surface area contributed by atoms with Gasteiger partial charge >= 0.3 is 0 Å². The fraction of sp³-hybridized carbons (Fsp3) is 0. The number of nitrogens with zero attached hydrogens (tertiary/aromatic N) is 2. The summed E-state index contributed by atoms with van der Waals surface area (Å²) in [5.74, 6) is 0. The zero-order valence-corrected chi connectivity index (χ0v) is 13.0. The van der Waals surface area contributed by atoms with Crippen LogP contribution in [0.4, 0.5) is 0 Å². The summed E-state index contributed by atoms with van der Waals surface area (Å²) in [6.45, 7) is 0. The monoisotopic (exact) mass is 436 g/mol. The second kappa shape index (κ2) is 5.20. The van der Waals surface area contributed by atoms with Crippen LogP contribution in [0.5, 0.6) is 0 Å². The Labute approximate surface area is 130 Å². The van der Waals surface area contributed by atoms with Crippen LogP contribution in [0.1, 0.15) is 0 Å². The van der Waals surface area contributed by atoms with E-state index in [9.17, 15) is 0 Å². The van der Waals surface area contributed by atoms with Crippen LogP contribution in [0.3, 0.4) is 0 Å². The average molecular weight is 436 g/mol. The van der Waals surface area contributed by atoms with Gasteiger partial charge in [0.1, 0.15) is 5.65 Å². The van der Waals surface area contributed by atoms with Crippen LogP contribution in [0.15, 0.2) is 66.9 Å². The van der Waals surface area contributed by atoms with Crippen LogP contribution in [0, 0.1) is 6.07 Å². The first kappa shape index (κ1) is 13.0. The maximum atomic E-state index is 4.66. The molecule has 2 aromatic heterocycles. The molecule has 0 saturated carbocycles. The normalized spacial score (nSPS) is 10.6. The maximum absolute atomic E-state index is 4.66. The van der Waals surface area contributed by atoms with E-state index in [2.05, 4.69) is 58.0 Å². The number of benzene rings is 2. The Morgan fingerprint density at radius 1 is 0.900 bits per heavy atom. The van der Waals surface area contributed by atoms with Gasteiger partial charge in [0.15, 0.2) is 0 Å². The van der Waals surface area contributed by atoms with E-state index < -0.39 is 0 Å². The van der Waals surface area contributed by atoms with Gasteiger partial charge < -0.3 is 4.40 Å². The van der Waals surface area contributed by atoms with E-state index in [0.29, 0.717) is 0 Å². The summed E-state index contributed by atoms with van der Waals surface area (Å²) in [5, 5.41) is 1.22. The zero-order chi connectivity index (χ0) is 12.7. The maximum Gasteiger partial charge on any atom is 0.127 e. The van der Waals surface area contributed by atoms with Crippen molar-refractivity contribution < 1.29 is 20.1 Å².